The van der Waals surface area contributed by atoms with E-state index in [0.29, 0.717) is 31.5 Å². The van der Waals surface area contributed by atoms with E-state index < -0.39 is 5.79 Å². The fraction of sp³-hybridized carbons (Fsp3) is 0.929. The molecule has 4 heteroatoms. The first-order valence-corrected chi connectivity index (χ1v) is 6.84. The largest absolute Gasteiger partial charge is 0.469 e. The van der Waals surface area contributed by atoms with Gasteiger partial charge in [0, 0.05) is 11.8 Å². The van der Waals surface area contributed by atoms with Gasteiger partial charge in [-0.15, -0.1) is 0 Å². The van der Waals surface area contributed by atoms with Gasteiger partial charge >= 0.3 is 5.97 Å². The van der Waals surface area contributed by atoms with Crippen molar-refractivity contribution in [3.05, 3.63) is 0 Å². The molecule has 0 N–H and O–H groups in total. The Bertz CT molecular complexity index is 357. The molecule has 3 rings (SSSR count). The molecule has 2 aliphatic carbocycles. The summed E-state index contributed by atoms with van der Waals surface area (Å²) >= 11 is 0. The van der Waals surface area contributed by atoms with Crippen molar-refractivity contribution < 1.29 is 19.0 Å². The summed E-state index contributed by atoms with van der Waals surface area (Å²) in [4.78, 5) is 11.7. The van der Waals surface area contributed by atoms with Crippen molar-refractivity contribution in [1.82, 2.24) is 0 Å². The average molecular weight is 254 g/mol. The third kappa shape index (κ3) is 1.55. The standard InChI is InChI=1S/C14H22O4/c1-13(2)8-9-6-10(13)11(7-12(15)16-3)14(9)17-4-5-18-14/h9-11H,4-8H2,1-3H3/t9-,10+,11-/m0/s1. The zero-order chi connectivity index (χ0) is 13.0. The Labute approximate surface area is 108 Å². The highest BCUT2D eigenvalue weighted by atomic mass is 16.7. The molecule has 0 aromatic carbocycles. The number of hydrogen-bond acceptors (Lipinski definition) is 4. The Kier molecular flexibility index (Phi) is 2.72. The first-order chi connectivity index (χ1) is 8.49. The Morgan fingerprint density at radius 2 is 2.00 bits per heavy atom. The van der Waals surface area contributed by atoms with Gasteiger partial charge in [0.15, 0.2) is 5.79 Å². The van der Waals surface area contributed by atoms with Crippen LogP contribution in [0.4, 0.5) is 0 Å². The molecule has 4 nitrogen and oxygen atoms in total. The lowest BCUT2D eigenvalue weighted by atomic mass is 9.67. The summed E-state index contributed by atoms with van der Waals surface area (Å²) < 4.78 is 16.8. The Morgan fingerprint density at radius 1 is 1.33 bits per heavy atom. The minimum Gasteiger partial charge on any atom is -0.469 e. The quantitative estimate of drug-likeness (QED) is 0.707. The van der Waals surface area contributed by atoms with Crippen LogP contribution in [-0.2, 0) is 19.0 Å². The maximum atomic E-state index is 11.7. The molecule has 0 aromatic rings. The van der Waals surface area contributed by atoms with Crippen molar-refractivity contribution in [3.8, 4) is 0 Å². The van der Waals surface area contributed by atoms with Gasteiger partial charge in [-0.25, -0.2) is 0 Å². The fourth-order valence-corrected chi connectivity index (χ4v) is 4.54. The van der Waals surface area contributed by atoms with Crippen LogP contribution in [0.5, 0.6) is 0 Å². The summed E-state index contributed by atoms with van der Waals surface area (Å²) in [6.07, 6.45) is 2.67. The van der Waals surface area contributed by atoms with Crippen LogP contribution in [0.25, 0.3) is 0 Å². The Balaban J connectivity index is 1.88. The van der Waals surface area contributed by atoms with E-state index in [-0.39, 0.29) is 17.3 Å². The lowest BCUT2D eigenvalue weighted by molar-refractivity contribution is -0.237. The lowest BCUT2D eigenvalue weighted by Gasteiger charge is -2.45. The smallest absolute Gasteiger partial charge is 0.306 e. The summed E-state index contributed by atoms with van der Waals surface area (Å²) in [6, 6.07) is 0. The molecule has 18 heavy (non-hydrogen) atoms. The van der Waals surface area contributed by atoms with E-state index in [0.717, 1.165) is 12.8 Å². The Morgan fingerprint density at radius 3 is 2.61 bits per heavy atom. The third-order valence-electron chi connectivity index (χ3n) is 5.24. The molecule has 1 saturated heterocycles. The molecule has 1 spiro atoms. The number of carbonyl (C=O) groups is 1. The fourth-order valence-electron chi connectivity index (χ4n) is 4.54. The first-order valence-electron chi connectivity index (χ1n) is 6.84. The highest BCUT2D eigenvalue weighted by molar-refractivity contribution is 5.69. The van der Waals surface area contributed by atoms with Crippen LogP contribution < -0.4 is 0 Å². The molecule has 2 saturated carbocycles. The normalized spacial score (nSPS) is 39.4. The lowest BCUT2D eigenvalue weighted by Crippen LogP contribution is -2.49. The summed E-state index contributed by atoms with van der Waals surface area (Å²) in [5.41, 5.74) is 0.282. The number of hydrogen-bond donors (Lipinski definition) is 0. The van der Waals surface area contributed by atoms with E-state index in [1.165, 1.54) is 7.11 Å². The summed E-state index contributed by atoms with van der Waals surface area (Å²) in [7, 11) is 1.45. The second-order valence-corrected chi connectivity index (χ2v) is 6.54. The number of rotatable bonds is 2. The zero-order valence-corrected chi connectivity index (χ0v) is 11.4. The average Bonchev–Trinajstić information content (AvgIpc) is 2.97. The van der Waals surface area contributed by atoms with Crippen molar-refractivity contribution in [2.24, 2.45) is 23.2 Å². The maximum absolute atomic E-state index is 11.7. The topological polar surface area (TPSA) is 44.8 Å². The molecular weight excluding hydrogens is 232 g/mol. The van der Waals surface area contributed by atoms with E-state index in [2.05, 4.69) is 13.8 Å². The van der Waals surface area contributed by atoms with Crippen molar-refractivity contribution >= 4 is 5.97 Å². The molecular formula is C14H22O4. The van der Waals surface area contributed by atoms with Gasteiger partial charge in [-0.1, -0.05) is 13.8 Å². The van der Waals surface area contributed by atoms with E-state index in [1.807, 2.05) is 0 Å². The highest BCUT2D eigenvalue weighted by Gasteiger charge is 2.67. The molecule has 3 fully saturated rings. The molecule has 0 aromatic heterocycles. The summed E-state index contributed by atoms with van der Waals surface area (Å²) in [6.45, 7) is 5.90. The minimum atomic E-state index is -0.492. The van der Waals surface area contributed by atoms with Gasteiger partial charge in [-0.3, -0.25) is 4.79 Å². The predicted octanol–water partition coefficient (Wildman–Crippen LogP) is 1.97. The highest BCUT2D eigenvalue weighted by Crippen LogP contribution is 2.65. The van der Waals surface area contributed by atoms with Gasteiger partial charge in [-0.2, -0.15) is 0 Å². The second kappa shape index (κ2) is 3.94. The van der Waals surface area contributed by atoms with Crippen molar-refractivity contribution in [2.75, 3.05) is 20.3 Å². The molecule has 1 heterocycles. The molecule has 3 atom stereocenters. The molecule has 3 aliphatic rings. The molecule has 0 amide bonds. The van der Waals surface area contributed by atoms with Crippen LogP contribution >= 0.6 is 0 Å². The predicted molar refractivity (Wildman–Crippen MR) is 64.8 cm³/mol. The summed E-state index contributed by atoms with van der Waals surface area (Å²) in [5, 5.41) is 0. The van der Waals surface area contributed by atoms with Crippen LogP contribution in [0, 0.1) is 23.2 Å². The van der Waals surface area contributed by atoms with Crippen LogP contribution in [-0.4, -0.2) is 32.1 Å². The van der Waals surface area contributed by atoms with Gasteiger partial charge in [0.2, 0.25) is 0 Å². The third-order valence-corrected chi connectivity index (χ3v) is 5.24. The number of carbonyl (C=O) groups excluding carboxylic acids is 1. The van der Waals surface area contributed by atoms with E-state index in [1.54, 1.807) is 0 Å². The van der Waals surface area contributed by atoms with Crippen LogP contribution in [0.3, 0.4) is 0 Å². The minimum absolute atomic E-state index is 0.151. The number of ether oxygens (including phenoxy) is 3. The molecule has 1 aliphatic heterocycles. The van der Waals surface area contributed by atoms with Crippen molar-refractivity contribution in [2.45, 2.75) is 38.9 Å². The van der Waals surface area contributed by atoms with Crippen LogP contribution in [0.2, 0.25) is 0 Å². The molecule has 102 valence electrons. The van der Waals surface area contributed by atoms with Gasteiger partial charge < -0.3 is 14.2 Å². The van der Waals surface area contributed by atoms with Crippen LogP contribution in [0.15, 0.2) is 0 Å². The first kappa shape index (κ1) is 12.4. The van der Waals surface area contributed by atoms with Gasteiger partial charge in [-0.05, 0) is 24.2 Å². The SMILES string of the molecule is COC(=O)C[C@H]1[C@H]2C[C@@H](CC2(C)C)C12OCCO2. The molecule has 0 unspecified atom stereocenters. The number of esters is 1. The van der Waals surface area contributed by atoms with Crippen molar-refractivity contribution in [1.29, 1.82) is 0 Å². The monoisotopic (exact) mass is 254 g/mol. The van der Waals surface area contributed by atoms with E-state index >= 15 is 0 Å². The molecule has 0 radical (unpaired) electrons. The zero-order valence-electron chi connectivity index (χ0n) is 11.4. The Hall–Kier alpha value is -0.610. The maximum Gasteiger partial charge on any atom is 0.306 e. The van der Waals surface area contributed by atoms with Gasteiger partial charge in [0.25, 0.3) is 0 Å². The summed E-state index contributed by atoms with van der Waals surface area (Å²) in [5.74, 6) is 0.450. The van der Waals surface area contributed by atoms with Crippen LogP contribution in [0.1, 0.15) is 33.1 Å². The second-order valence-electron chi connectivity index (χ2n) is 6.54. The van der Waals surface area contributed by atoms with Gasteiger partial charge in [0.1, 0.15) is 0 Å². The van der Waals surface area contributed by atoms with Crippen molar-refractivity contribution in [3.63, 3.8) is 0 Å². The molecule has 2 bridgehead atoms. The van der Waals surface area contributed by atoms with E-state index in [9.17, 15) is 4.79 Å². The van der Waals surface area contributed by atoms with Gasteiger partial charge in [0.05, 0.1) is 26.7 Å². The number of methoxy groups -OCH3 is 1. The van der Waals surface area contributed by atoms with E-state index in [4.69, 9.17) is 14.2 Å². The number of fused-ring (bicyclic) bond motifs is 3.